The highest BCUT2D eigenvalue weighted by Crippen LogP contribution is 2.45. The zero-order valence-electron chi connectivity index (χ0n) is 33.7. The molecular formula is C58H44N2. The average Bonchev–Trinajstić information content (AvgIpc) is 3.65. The Labute approximate surface area is 351 Å². The van der Waals surface area contributed by atoms with Crippen LogP contribution in [0.15, 0.2) is 212 Å². The lowest BCUT2D eigenvalue weighted by molar-refractivity contribution is 1.06. The van der Waals surface area contributed by atoms with Crippen LogP contribution in [0.2, 0.25) is 0 Å². The average molecular weight is 769 g/mol. The third-order valence-electron chi connectivity index (χ3n) is 12.4. The minimum atomic E-state index is 0.995. The van der Waals surface area contributed by atoms with Gasteiger partial charge in [0.2, 0.25) is 0 Å². The van der Waals surface area contributed by atoms with Crippen LogP contribution < -0.4 is 4.90 Å². The standard InChI is InChI=1S/C58H44N2/c1-2-40-27-35-55-52(37-40)53-39-48(33-36-56(53)60(55)46-23-13-6-14-24-46)59(45-21-11-5-12-22-45)47-31-28-41(29-32-47)44-30-34-51-54(38-44)58(43-19-9-4-10-20-43)50-26-16-15-25-49(50)57(51)42-17-7-3-8-18-42/h3-9,11-19,21-39H,2,10,20H2,1H3. The van der Waals surface area contributed by atoms with Gasteiger partial charge in [-0.2, -0.15) is 0 Å². The van der Waals surface area contributed by atoms with E-state index in [2.05, 4.69) is 229 Å². The SMILES string of the molecule is CCc1ccc2c(c1)c1cc(N(c3ccccc3)c3ccc(-c4ccc5c(-c6ccccc6)c6ccccc6c(C6=CC=CCC6)c5c4)cc3)ccc1n2-c1ccccc1. The van der Waals surface area contributed by atoms with Gasteiger partial charge in [-0.05, 0) is 153 Å². The first-order valence-corrected chi connectivity index (χ1v) is 21.2. The van der Waals surface area contributed by atoms with Crippen molar-refractivity contribution < 1.29 is 0 Å². The number of hydrogen-bond donors (Lipinski definition) is 0. The number of nitrogens with zero attached hydrogens (tertiary/aromatic N) is 2. The van der Waals surface area contributed by atoms with E-state index in [-0.39, 0.29) is 0 Å². The number of allylic oxidation sites excluding steroid dienone is 4. The molecule has 2 heteroatoms. The number of rotatable bonds is 8. The highest BCUT2D eigenvalue weighted by atomic mass is 15.1. The highest BCUT2D eigenvalue weighted by Gasteiger charge is 2.21. The van der Waals surface area contributed by atoms with E-state index in [9.17, 15) is 0 Å². The van der Waals surface area contributed by atoms with Crippen molar-refractivity contribution in [3.8, 4) is 27.9 Å². The van der Waals surface area contributed by atoms with E-state index < -0.39 is 0 Å². The summed E-state index contributed by atoms with van der Waals surface area (Å²) in [5.74, 6) is 0. The predicted octanol–water partition coefficient (Wildman–Crippen LogP) is 16.2. The van der Waals surface area contributed by atoms with Crippen molar-refractivity contribution in [2.45, 2.75) is 26.2 Å². The zero-order chi connectivity index (χ0) is 40.0. The second-order valence-corrected chi connectivity index (χ2v) is 15.9. The second kappa shape index (κ2) is 15.1. The summed E-state index contributed by atoms with van der Waals surface area (Å²) in [6.45, 7) is 2.23. The normalized spacial score (nSPS) is 12.7. The highest BCUT2D eigenvalue weighted by molar-refractivity contribution is 6.19. The van der Waals surface area contributed by atoms with Crippen LogP contribution in [0.5, 0.6) is 0 Å². The lowest BCUT2D eigenvalue weighted by Crippen LogP contribution is -2.09. The Morgan fingerprint density at radius 1 is 0.450 bits per heavy atom. The summed E-state index contributed by atoms with van der Waals surface area (Å²) in [6.07, 6.45) is 9.92. The lowest BCUT2D eigenvalue weighted by Gasteiger charge is -2.26. The van der Waals surface area contributed by atoms with E-state index in [1.165, 1.54) is 88.0 Å². The lowest BCUT2D eigenvalue weighted by atomic mass is 9.83. The van der Waals surface area contributed by atoms with Crippen molar-refractivity contribution in [1.82, 2.24) is 4.57 Å². The topological polar surface area (TPSA) is 8.17 Å². The molecule has 2 nitrogen and oxygen atoms in total. The minimum absolute atomic E-state index is 0.995. The van der Waals surface area contributed by atoms with Gasteiger partial charge in [0, 0.05) is 33.5 Å². The molecule has 0 unspecified atom stereocenters. The molecule has 0 amide bonds. The van der Waals surface area contributed by atoms with Crippen LogP contribution in [0.1, 0.15) is 30.9 Å². The Kier molecular flexibility index (Phi) is 8.97. The van der Waals surface area contributed by atoms with Crippen LogP contribution in [0.3, 0.4) is 0 Å². The second-order valence-electron chi connectivity index (χ2n) is 15.9. The van der Waals surface area contributed by atoms with Gasteiger partial charge in [-0.1, -0.05) is 146 Å². The number of para-hydroxylation sites is 2. The number of anilines is 3. The third kappa shape index (κ3) is 6.12. The van der Waals surface area contributed by atoms with Crippen LogP contribution in [0, 0.1) is 0 Å². The monoisotopic (exact) mass is 768 g/mol. The number of aryl methyl sites for hydroxylation is 1. The van der Waals surface area contributed by atoms with Crippen LogP contribution in [0.4, 0.5) is 17.1 Å². The molecule has 11 rings (SSSR count). The van der Waals surface area contributed by atoms with E-state index >= 15 is 0 Å². The first kappa shape index (κ1) is 35.7. The molecule has 60 heavy (non-hydrogen) atoms. The summed E-state index contributed by atoms with van der Waals surface area (Å²) < 4.78 is 2.40. The quantitative estimate of drug-likeness (QED) is 0.140. The van der Waals surface area contributed by atoms with Crippen molar-refractivity contribution in [3.63, 3.8) is 0 Å². The Morgan fingerprint density at radius 2 is 1.05 bits per heavy atom. The van der Waals surface area contributed by atoms with E-state index in [0.29, 0.717) is 0 Å². The van der Waals surface area contributed by atoms with Crippen molar-refractivity contribution in [2.75, 3.05) is 4.90 Å². The number of benzene rings is 9. The molecule has 0 radical (unpaired) electrons. The van der Waals surface area contributed by atoms with Gasteiger partial charge in [-0.3, -0.25) is 0 Å². The molecule has 1 aliphatic carbocycles. The smallest absolute Gasteiger partial charge is 0.0542 e. The molecular weight excluding hydrogens is 725 g/mol. The molecule has 0 saturated carbocycles. The molecule has 0 aliphatic heterocycles. The van der Waals surface area contributed by atoms with Gasteiger partial charge in [0.15, 0.2) is 0 Å². The maximum atomic E-state index is 2.44. The molecule has 9 aromatic carbocycles. The summed E-state index contributed by atoms with van der Waals surface area (Å²) in [5, 5.41) is 7.72. The van der Waals surface area contributed by atoms with E-state index in [0.717, 1.165) is 36.3 Å². The molecule has 1 heterocycles. The Hall–Kier alpha value is -7.42. The number of aromatic nitrogens is 1. The van der Waals surface area contributed by atoms with Gasteiger partial charge < -0.3 is 9.47 Å². The van der Waals surface area contributed by atoms with E-state index in [1.54, 1.807) is 0 Å². The molecule has 10 aromatic rings. The molecule has 0 N–H and O–H groups in total. The Bertz CT molecular complexity index is 3260. The number of hydrogen-bond acceptors (Lipinski definition) is 1. The maximum absolute atomic E-state index is 2.44. The van der Waals surface area contributed by atoms with Crippen molar-refractivity contribution in [2.24, 2.45) is 0 Å². The van der Waals surface area contributed by atoms with Crippen molar-refractivity contribution in [3.05, 3.63) is 223 Å². The molecule has 0 fully saturated rings. The number of fused-ring (bicyclic) bond motifs is 5. The van der Waals surface area contributed by atoms with Crippen LogP contribution in [0.25, 0.3) is 76.9 Å². The molecule has 1 aliphatic rings. The summed E-state index contributed by atoms with van der Waals surface area (Å²) in [6, 6.07) is 71.5. The summed E-state index contributed by atoms with van der Waals surface area (Å²) in [5.41, 5.74) is 16.0. The molecule has 0 atom stereocenters. The van der Waals surface area contributed by atoms with Gasteiger partial charge in [0.1, 0.15) is 0 Å². The molecule has 286 valence electrons. The Morgan fingerprint density at radius 3 is 1.77 bits per heavy atom. The summed E-state index contributed by atoms with van der Waals surface area (Å²) in [7, 11) is 0. The van der Waals surface area contributed by atoms with Gasteiger partial charge in [-0.25, -0.2) is 0 Å². The first-order chi connectivity index (χ1) is 29.7. The van der Waals surface area contributed by atoms with Crippen molar-refractivity contribution in [1.29, 1.82) is 0 Å². The molecule has 1 aromatic heterocycles. The molecule has 0 spiro atoms. The molecule has 0 saturated heterocycles. The van der Waals surface area contributed by atoms with Gasteiger partial charge in [-0.15, -0.1) is 0 Å². The fraction of sp³-hybridized carbons (Fsp3) is 0.0690. The van der Waals surface area contributed by atoms with Crippen LogP contribution in [-0.4, -0.2) is 4.57 Å². The van der Waals surface area contributed by atoms with Crippen LogP contribution >= 0.6 is 0 Å². The zero-order valence-corrected chi connectivity index (χ0v) is 33.7. The van der Waals surface area contributed by atoms with Gasteiger partial charge in [0.05, 0.1) is 11.0 Å². The summed E-state index contributed by atoms with van der Waals surface area (Å²) in [4.78, 5) is 2.39. The van der Waals surface area contributed by atoms with Crippen molar-refractivity contribution >= 4 is 66.0 Å². The third-order valence-corrected chi connectivity index (χ3v) is 12.4. The van der Waals surface area contributed by atoms with Gasteiger partial charge in [0.25, 0.3) is 0 Å². The molecule has 0 bridgehead atoms. The largest absolute Gasteiger partial charge is 0.310 e. The van der Waals surface area contributed by atoms with E-state index in [4.69, 9.17) is 0 Å². The fourth-order valence-corrected chi connectivity index (χ4v) is 9.53. The van der Waals surface area contributed by atoms with Gasteiger partial charge >= 0.3 is 0 Å². The summed E-state index contributed by atoms with van der Waals surface area (Å²) >= 11 is 0. The first-order valence-electron chi connectivity index (χ1n) is 21.2. The van der Waals surface area contributed by atoms with E-state index in [1.807, 2.05) is 0 Å². The Balaban J connectivity index is 1.06. The predicted molar refractivity (Wildman–Crippen MR) is 257 cm³/mol. The fourth-order valence-electron chi connectivity index (χ4n) is 9.53. The van der Waals surface area contributed by atoms with Crippen LogP contribution in [-0.2, 0) is 6.42 Å². The maximum Gasteiger partial charge on any atom is 0.0542 e. The minimum Gasteiger partial charge on any atom is -0.310 e.